The number of pyridine rings is 2. The Morgan fingerprint density at radius 1 is 0.814 bits per heavy atom. The zero-order valence-corrected chi connectivity index (χ0v) is 27.4. The molecule has 0 spiro atoms. The van der Waals surface area contributed by atoms with Crippen molar-refractivity contribution in [3.05, 3.63) is 132 Å². The summed E-state index contributed by atoms with van der Waals surface area (Å²) in [6.07, 6.45) is 7.82. The van der Waals surface area contributed by atoms with Gasteiger partial charge in [0.1, 0.15) is 11.3 Å². The van der Waals surface area contributed by atoms with Crippen LogP contribution in [0.3, 0.4) is 0 Å². The van der Waals surface area contributed by atoms with E-state index in [1.165, 1.54) is 16.7 Å². The third kappa shape index (κ3) is 6.18. The van der Waals surface area contributed by atoms with E-state index in [4.69, 9.17) is 0 Å². The number of aromatic nitrogens is 3. The van der Waals surface area contributed by atoms with E-state index in [-0.39, 0.29) is 20.1 Å². The van der Waals surface area contributed by atoms with Crippen LogP contribution in [-0.4, -0.2) is 35.7 Å². The van der Waals surface area contributed by atoms with Gasteiger partial charge in [0, 0.05) is 38.2 Å². The van der Waals surface area contributed by atoms with Gasteiger partial charge in [-0.25, -0.2) is 4.98 Å². The number of hydrogen-bond donors (Lipinski definition) is 0. The third-order valence-electron chi connectivity index (χ3n) is 7.49. The third-order valence-corrected chi connectivity index (χ3v) is 7.49. The molecule has 43 heavy (non-hydrogen) atoms. The van der Waals surface area contributed by atoms with Crippen LogP contribution in [0, 0.1) is 32.9 Å². The van der Waals surface area contributed by atoms with Crippen LogP contribution < -0.4 is 0 Å². The van der Waals surface area contributed by atoms with Crippen LogP contribution in [0.15, 0.2) is 104 Å². The van der Waals surface area contributed by atoms with Gasteiger partial charge in [0.2, 0.25) is 6.20 Å². The Morgan fingerprint density at radius 2 is 1.63 bits per heavy atom. The van der Waals surface area contributed by atoms with E-state index < -0.39 is 0 Å². The van der Waals surface area contributed by atoms with Crippen molar-refractivity contribution in [3.63, 3.8) is 0 Å². The largest absolute Gasteiger partial charge is 0.493 e. The summed E-state index contributed by atoms with van der Waals surface area (Å²) in [4.78, 5) is 9.06. The Balaban J connectivity index is 0.000000197. The number of benzene rings is 3. The number of hydrogen-bond acceptors (Lipinski definition) is 2. The molecule has 3 aromatic heterocycles. The molecule has 215 valence electrons. The summed E-state index contributed by atoms with van der Waals surface area (Å²) in [6, 6.07) is 37.3. The summed E-state index contributed by atoms with van der Waals surface area (Å²) < 4.78 is 6.26. The van der Waals surface area contributed by atoms with E-state index in [2.05, 4.69) is 133 Å². The van der Waals surface area contributed by atoms with E-state index in [9.17, 15) is 0 Å². The Labute approximate surface area is 266 Å². The maximum Gasteiger partial charge on any atom is 0.493 e. The monoisotopic (exact) mass is 740 g/mol. The summed E-state index contributed by atoms with van der Waals surface area (Å²) in [5.74, 6) is 0. The zero-order chi connectivity index (χ0) is 29.2. The molecule has 0 atom stereocenters. The SMILES string of the molecule is CC(C)[N+]1=C=[N+](c2[c-]cc3c4cccnc4n(-c4ccccc4)c3c2)C=C1.Cc1c[c-]c(-c2cc(C)c(C)cn2)cc1.[Ir]. The smallest absolute Gasteiger partial charge is 0.318 e. The quantitative estimate of drug-likeness (QED) is 0.135. The van der Waals surface area contributed by atoms with Crippen molar-refractivity contribution in [3.8, 4) is 16.9 Å². The number of para-hydroxylation sites is 1. The van der Waals surface area contributed by atoms with E-state index in [1.54, 1.807) is 0 Å². The molecule has 0 amide bonds. The molecule has 0 saturated heterocycles. The Bertz CT molecular complexity index is 2010. The fourth-order valence-corrected chi connectivity index (χ4v) is 4.93. The second kappa shape index (κ2) is 12.8. The van der Waals surface area contributed by atoms with Crippen LogP contribution >= 0.6 is 0 Å². The van der Waals surface area contributed by atoms with Crippen molar-refractivity contribution in [1.29, 1.82) is 0 Å². The first-order valence-corrected chi connectivity index (χ1v) is 14.2. The minimum absolute atomic E-state index is 0. The van der Waals surface area contributed by atoms with E-state index in [1.807, 2.05) is 47.6 Å². The predicted octanol–water partition coefficient (Wildman–Crippen LogP) is 8.17. The summed E-state index contributed by atoms with van der Waals surface area (Å²) in [7, 11) is 0. The molecule has 0 N–H and O–H groups in total. The summed E-state index contributed by atoms with van der Waals surface area (Å²) in [5, 5.41) is 2.28. The average molecular weight is 740 g/mol. The molecule has 0 fully saturated rings. The predicted molar refractivity (Wildman–Crippen MR) is 170 cm³/mol. The molecule has 1 radical (unpaired) electrons. The first-order valence-electron chi connectivity index (χ1n) is 14.2. The molecule has 1 aliphatic heterocycles. The van der Waals surface area contributed by atoms with Crippen LogP contribution in [0.4, 0.5) is 5.69 Å². The van der Waals surface area contributed by atoms with Crippen LogP contribution in [0.1, 0.15) is 30.5 Å². The Morgan fingerprint density at radius 3 is 2.33 bits per heavy atom. The second-order valence-electron chi connectivity index (χ2n) is 10.9. The fourth-order valence-electron chi connectivity index (χ4n) is 4.93. The van der Waals surface area contributed by atoms with Crippen LogP contribution in [0.5, 0.6) is 0 Å². The molecule has 7 rings (SSSR count). The first kappa shape index (κ1) is 30.0. The topological polar surface area (TPSA) is 36.7 Å². The molecular weight excluding hydrogens is 707 g/mol. The molecule has 0 aliphatic carbocycles. The molecule has 0 unspecified atom stereocenters. The second-order valence-corrected chi connectivity index (χ2v) is 10.9. The van der Waals surface area contributed by atoms with Crippen molar-refractivity contribution < 1.29 is 29.3 Å². The molecule has 0 saturated carbocycles. The Hall–Kier alpha value is -4.47. The minimum atomic E-state index is 0. The normalized spacial score (nSPS) is 12.1. The van der Waals surface area contributed by atoms with Crippen molar-refractivity contribution in [2.24, 2.45) is 0 Å². The van der Waals surface area contributed by atoms with E-state index >= 15 is 0 Å². The molecule has 4 heterocycles. The van der Waals surface area contributed by atoms with Gasteiger partial charge in [-0.1, -0.05) is 63.4 Å². The average Bonchev–Trinajstić information content (AvgIpc) is 3.63. The van der Waals surface area contributed by atoms with Gasteiger partial charge in [0.05, 0.1) is 0 Å². The first-order chi connectivity index (χ1) is 20.4. The van der Waals surface area contributed by atoms with Gasteiger partial charge in [-0.05, 0) is 68.1 Å². The number of fused-ring (bicyclic) bond motifs is 3. The fraction of sp³-hybridized carbons (Fsp3) is 0.162. The van der Waals surface area contributed by atoms with Crippen molar-refractivity contribution in [2.75, 3.05) is 0 Å². The molecule has 6 heteroatoms. The summed E-state index contributed by atoms with van der Waals surface area (Å²) >= 11 is 0. The minimum Gasteiger partial charge on any atom is -0.318 e. The van der Waals surface area contributed by atoms with E-state index in [0.717, 1.165) is 44.6 Å². The van der Waals surface area contributed by atoms with Gasteiger partial charge in [-0.15, -0.1) is 41.5 Å². The number of nitrogens with zero attached hydrogens (tertiary/aromatic N) is 5. The van der Waals surface area contributed by atoms with Crippen LogP contribution in [-0.2, 0) is 20.1 Å². The van der Waals surface area contributed by atoms with Gasteiger partial charge in [0.15, 0.2) is 6.04 Å². The summed E-state index contributed by atoms with van der Waals surface area (Å²) in [5.41, 5.74) is 9.91. The Kier molecular flexibility index (Phi) is 8.94. The molecule has 0 bridgehead atoms. The molecule has 1 aliphatic rings. The maximum atomic E-state index is 4.65. The van der Waals surface area contributed by atoms with Gasteiger partial charge < -0.3 is 9.55 Å². The maximum absolute atomic E-state index is 4.65. The van der Waals surface area contributed by atoms with Gasteiger partial charge in [-0.3, -0.25) is 0 Å². The van der Waals surface area contributed by atoms with Crippen molar-refractivity contribution >= 4 is 33.6 Å². The van der Waals surface area contributed by atoms with Gasteiger partial charge >= 0.3 is 6.01 Å². The molecular formula is C37H33IrN5. The van der Waals surface area contributed by atoms with Crippen LogP contribution in [0.25, 0.3) is 38.9 Å². The van der Waals surface area contributed by atoms with Crippen molar-refractivity contribution in [1.82, 2.24) is 14.5 Å². The van der Waals surface area contributed by atoms with Gasteiger partial charge in [0.25, 0.3) is 6.20 Å². The van der Waals surface area contributed by atoms with Crippen LogP contribution in [0.2, 0.25) is 0 Å². The molecule has 5 nitrogen and oxygen atoms in total. The van der Waals surface area contributed by atoms with E-state index in [0.29, 0.717) is 6.04 Å². The van der Waals surface area contributed by atoms with Gasteiger partial charge in [-0.2, -0.15) is 6.07 Å². The molecule has 3 aromatic carbocycles. The summed E-state index contributed by atoms with van der Waals surface area (Å²) in [6.45, 7) is 10.5. The number of rotatable bonds is 4. The van der Waals surface area contributed by atoms with Crippen molar-refractivity contribution in [2.45, 2.75) is 40.7 Å². The zero-order valence-electron chi connectivity index (χ0n) is 25.0. The number of aryl methyl sites for hydroxylation is 3. The molecule has 6 aromatic rings. The standard InChI is InChI=1S/C23H19N4.C14H14N.Ir/c1-17(2)25-13-14-26(16-25)19-10-11-20-21-9-6-12-24-23(21)27(22(20)15-19)18-7-4-3-5-8-18;1-10-4-6-13(7-5-10)14-8-11(2)12(3)9-15-14;/h3-9,11-15,17H,1-2H3;4-6,8-9H,1-3H3;/q+1;-1;.